The van der Waals surface area contributed by atoms with Gasteiger partial charge in [0.25, 0.3) is 17.7 Å². The van der Waals surface area contributed by atoms with Crippen LogP contribution in [0.25, 0.3) is 0 Å². The number of benzene rings is 2. The number of carbonyl (C=O) groups excluding carboxylic acids is 1. The molecule has 0 aliphatic carbocycles. The average Bonchev–Trinajstić information content (AvgIpc) is 2.77. The minimum Gasteiger partial charge on any atom is -0.435 e. The fourth-order valence-electron chi connectivity index (χ4n) is 2.58. The van der Waals surface area contributed by atoms with Crippen LogP contribution in [-0.2, 0) is 9.63 Å². The van der Waals surface area contributed by atoms with Crippen LogP contribution in [0.4, 0.5) is 8.78 Å². The van der Waals surface area contributed by atoms with E-state index in [9.17, 15) is 9.18 Å². The van der Waals surface area contributed by atoms with Gasteiger partial charge in [0.1, 0.15) is 30.8 Å². The summed E-state index contributed by atoms with van der Waals surface area (Å²) in [4.78, 5) is 24.4. The van der Waals surface area contributed by atoms with E-state index in [-0.39, 0.29) is 27.8 Å². The molecule has 11 heteroatoms. The Hall–Kier alpha value is -3.79. The highest BCUT2D eigenvalue weighted by molar-refractivity contribution is 6.45. The van der Waals surface area contributed by atoms with Crippen molar-refractivity contribution >= 4 is 23.2 Å². The number of oxime groups is 1. The fraction of sp³-hybridized carbons (Fsp3) is 0.143. The predicted octanol–water partition coefficient (Wildman–Crippen LogP) is 4.40. The second kappa shape index (κ2) is 10.0. The summed E-state index contributed by atoms with van der Waals surface area (Å²) < 4.78 is 39.9. The van der Waals surface area contributed by atoms with E-state index in [2.05, 4.69) is 20.4 Å². The van der Waals surface area contributed by atoms with Crippen LogP contribution in [0.1, 0.15) is 11.1 Å². The van der Waals surface area contributed by atoms with Crippen molar-refractivity contribution in [2.75, 3.05) is 14.2 Å². The number of nitrogens with zero attached hydrogens (tertiary/aromatic N) is 3. The Kier molecular flexibility index (Phi) is 7.16. The van der Waals surface area contributed by atoms with Crippen molar-refractivity contribution in [2.24, 2.45) is 5.16 Å². The number of hydrogen-bond donors (Lipinski definition) is 1. The number of halogens is 3. The lowest BCUT2D eigenvalue weighted by Crippen LogP contribution is -2.29. The van der Waals surface area contributed by atoms with Crippen molar-refractivity contribution in [3.8, 4) is 23.3 Å². The highest BCUT2D eigenvalue weighted by atomic mass is 35.5. The molecule has 0 spiro atoms. The zero-order valence-electron chi connectivity index (χ0n) is 17.1. The van der Waals surface area contributed by atoms with Gasteiger partial charge >= 0.3 is 0 Å². The first-order valence-electron chi connectivity index (χ1n) is 9.09. The van der Waals surface area contributed by atoms with Gasteiger partial charge in [-0.15, -0.1) is 0 Å². The summed E-state index contributed by atoms with van der Waals surface area (Å²) in [6.07, 6.45) is 0.999. The van der Waals surface area contributed by atoms with E-state index < -0.39 is 29.3 Å². The molecule has 0 saturated heterocycles. The summed E-state index contributed by atoms with van der Waals surface area (Å²) in [6, 6.07) is 8.23. The molecule has 32 heavy (non-hydrogen) atoms. The molecule has 0 radical (unpaired) electrons. The number of rotatable bonds is 7. The molecular formula is C21H17ClF2N4O4. The topological polar surface area (TPSA) is 94.9 Å². The van der Waals surface area contributed by atoms with Crippen molar-refractivity contribution in [1.82, 2.24) is 15.3 Å². The number of ether oxygens (including phenoxy) is 2. The monoisotopic (exact) mass is 462 g/mol. The molecule has 8 nitrogen and oxygen atoms in total. The number of amides is 1. The number of hydrogen-bond acceptors (Lipinski definition) is 7. The third-order valence-electron chi connectivity index (χ3n) is 4.05. The minimum atomic E-state index is -1.06. The molecular weight excluding hydrogens is 446 g/mol. The Labute approximate surface area is 186 Å². The average molecular weight is 463 g/mol. The largest absolute Gasteiger partial charge is 0.435 e. The number of nitrogens with one attached hydrogen (secondary N) is 1. The molecule has 1 amide bonds. The highest BCUT2D eigenvalue weighted by Gasteiger charge is 2.23. The first kappa shape index (κ1) is 22.9. The smallest absolute Gasteiger partial charge is 0.273 e. The molecule has 1 heterocycles. The molecule has 166 valence electrons. The van der Waals surface area contributed by atoms with E-state index in [0.717, 1.165) is 24.0 Å². The minimum absolute atomic E-state index is 0.0369. The first-order valence-corrected chi connectivity index (χ1v) is 9.47. The van der Waals surface area contributed by atoms with Crippen molar-refractivity contribution < 1.29 is 27.9 Å². The molecule has 3 rings (SSSR count). The first-order chi connectivity index (χ1) is 15.3. The maximum Gasteiger partial charge on any atom is 0.273 e. The van der Waals surface area contributed by atoms with Crippen LogP contribution in [0.15, 0.2) is 47.9 Å². The molecule has 0 saturated carbocycles. The Morgan fingerprint density at radius 2 is 1.75 bits per heavy atom. The lowest BCUT2D eigenvalue weighted by molar-refractivity contribution is -0.114. The Morgan fingerprint density at radius 3 is 2.41 bits per heavy atom. The number of aryl methyl sites for hydroxylation is 1. The molecule has 0 unspecified atom stereocenters. The van der Waals surface area contributed by atoms with E-state index in [1.165, 1.54) is 20.2 Å². The summed E-state index contributed by atoms with van der Waals surface area (Å²) >= 11 is 6.09. The summed E-state index contributed by atoms with van der Waals surface area (Å²) in [5.41, 5.74) is 0.649. The Morgan fingerprint density at radius 1 is 1.06 bits per heavy atom. The zero-order chi connectivity index (χ0) is 23.3. The van der Waals surface area contributed by atoms with Crippen molar-refractivity contribution in [2.45, 2.75) is 6.92 Å². The third kappa shape index (κ3) is 5.09. The van der Waals surface area contributed by atoms with Crippen LogP contribution in [-0.4, -0.2) is 35.7 Å². The van der Waals surface area contributed by atoms with Gasteiger partial charge in [-0.25, -0.2) is 4.39 Å². The second-order valence-corrected chi connectivity index (χ2v) is 6.69. The normalized spacial score (nSPS) is 11.1. The quantitative estimate of drug-likeness (QED) is 0.413. The van der Waals surface area contributed by atoms with Crippen molar-refractivity contribution in [3.05, 3.63) is 70.5 Å². The molecule has 3 aromatic rings. The predicted molar refractivity (Wildman–Crippen MR) is 112 cm³/mol. The van der Waals surface area contributed by atoms with E-state index in [1.54, 1.807) is 18.2 Å². The van der Waals surface area contributed by atoms with Crippen LogP contribution in [0.2, 0.25) is 5.02 Å². The maximum absolute atomic E-state index is 15.0. The van der Waals surface area contributed by atoms with Gasteiger partial charge in [-0.05, 0) is 36.8 Å². The van der Waals surface area contributed by atoms with E-state index in [0.29, 0.717) is 0 Å². The van der Waals surface area contributed by atoms with Gasteiger partial charge in [-0.3, -0.25) is 4.79 Å². The summed E-state index contributed by atoms with van der Waals surface area (Å²) in [5, 5.41) is 6.27. The van der Waals surface area contributed by atoms with Crippen LogP contribution in [0.5, 0.6) is 23.3 Å². The van der Waals surface area contributed by atoms with Crippen molar-refractivity contribution in [1.29, 1.82) is 0 Å². The summed E-state index contributed by atoms with van der Waals surface area (Å²) in [5.74, 6) is -3.49. The number of aromatic nitrogens is 2. The zero-order valence-corrected chi connectivity index (χ0v) is 17.9. The van der Waals surface area contributed by atoms with Gasteiger partial charge in [0, 0.05) is 13.1 Å². The van der Waals surface area contributed by atoms with Gasteiger partial charge in [-0.2, -0.15) is 14.4 Å². The number of likely N-dealkylation sites (N-methyl/N-ethyl adjacent to an activating group) is 1. The second-order valence-electron chi connectivity index (χ2n) is 6.28. The van der Waals surface area contributed by atoms with Gasteiger partial charge in [0.2, 0.25) is 5.82 Å². The van der Waals surface area contributed by atoms with Gasteiger partial charge < -0.3 is 19.6 Å². The summed E-state index contributed by atoms with van der Waals surface area (Å²) in [6.45, 7) is 1.81. The van der Waals surface area contributed by atoms with Gasteiger partial charge in [-0.1, -0.05) is 22.8 Å². The Bertz CT molecular complexity index is 1190. The SMILES string of the molecule is CNC(=O)/C(=N/OC)c1ccc(F)cc1Oc1ncnc(Oc2cc(C)ccc2Cl)c1F. The van der Waals surface area contributed by atoms with Gasteiger partial charge in [0.05, 0.1) is 10.6 Å². The number of carbonyl (C=O) groups is 1. The molecule has 0 fully saturated rings. The Balaban J connectivity index is 2.00. The maximum atomic E-state index is 15.0. The molecule has 0 aliphatic heterocycles. The highest BCUT2D eigenvalue weighted by Crippen LogP contribution is 2.34. The van der Waals surface area contributed by atoms with E-state index >= 15 is 4.39 Å². The van der Waals surface area contributed by atoms with Crippen LogP contribution in [0.3, 0.4) is 0 Å². The van der Waals surface area contributed by atoms with E-state index in [4.69, 9.17) is 25.9 Å². The molecule has 0 aliphatic rings. The molecule has 1 aromatic heterocycles. The molecule has 0 bridgehead atoms. The molecule has 0 atom stereocenters. The third-order valence-corrected chi connectivity index (χ3v) is 4.36. The van der Waals surface area contributed by atoms with Crippen LogP contribution in [0, 0.1) is 18.6 Å². The van der Waals surface area contributed by atoms with Crippen LogP contribution < -0.4 is 14.8 Å². The summed E-state index contributed by atoms with van der Waals surface area (Å²) in [7, 11) is 2.61. The van der Waals surface area contributed by atoms with Crippen molar-refractivity contribution in [3.63, 3.8) is 0 Å². The van der Waals surface area contributed by atoms with Crippen LogP contribution >= 0.6 is 11.6 Å². The molecule has 1 N–H and O–H groups in total. The standard InChI is InChI=1S/C21H17ClF2N4O4/c1-11-4-7-14(22)16(8-11)32-21-17(24)20(26-10-27-21)31-15-9-12(23)5-6-13(15)18(28-30-3)19(29)25-2/h4-10H,1-3H3,(H,25,29)/b28-18+. The lowest BCUT2D eigenvalue weighted by atomic mass is 10.1. The molecule has 2 aromatic carbocycles. The fourth-order valence-corrected chi connectivity index (χ4v) is 2.73. The van der Waals surface area contributed by atoms with Gasteiger partial charge in [0.15, 0.2) is 5.71 Å². The van der Waals surface area contributed by atoms with E-state index in [1.807, 2.05) is 6.92 Å². The lowest BCUT2D eigenvalue weighted by Gasteiger charge is -2.13.